The fourth-order valence-corrected chi connectivity index (χ4v) is 7.91. The number of hydrogen-bond donors (Lipinski definition) is 1. The van der Waals surface area contributed by atoms with Crippen molar-refractivity contribution in [1.82, 2.24) is 5.32 Å². The van der Waals surface area contributed by atoms with Crippen molar-refractivity contribution >= 4 is 50.3 Å². The molecule has 0 aliphatic heterocycles. The Morgan fingerprint density at radius 1 is 0.625 bits per heavy atom. The average molecular weight is 728 g/mol. The van der Waals surface area contributed by atoms with Gasteiger partial charge in [-0.2, -0.15) is 0 Å². The van der Waals surface area contributed by atoms with E-state index >= 15 is 0 Å². The van der Waals surface area contributed by atoms with Crippen LogP contribution in [0.3, 0.4) is 0 Å². The van der Waals surface area contributed by atoms with Crippen molar-refractivity contribution in [3.8, 4) is 22.3 Å². The molecule has 0 atom stereocenters. The van der Waals surface area contributed by atoms with E-state index in [0.717, 1.165) is 93.3 Å². The van der Waals surface area contributed by atoms with Crippen LogP contribution < -0.4 is 5.32 Å². The van der Waals surface area contributed by atoms with E-state index in [-0.39, 0.29) is 0 Å². The fourth-order valence-electron chi connectivity index (χ4n) is 7.91. The summed E-state index contributed by atoms with van der Waals surface area (Å²) in [5, 5.41) is 7.22. The van der Waals surface area contributed by atoms with E-state index in [1.807, 2.05) is 12.1 Å². The Labute approximate surface area is 329 Å². The maximum Gasteiger partial charge on any atom is 0.135 e. The van der Waals surface area contributed by atoms with E-state index in [9.17, 15) is 0 Å². The Balaban J connectivity index is 1.15. The van der Waals surface area contributed by atoms with Crippen LogP contribution in [0.5, 0.6) is 0 Å². The summed E-state index contributed by atoms with van der Waals surface area (Å²) in [4.78, 5) is 0. The van der Waals surface area contributed by atoms with Gasteiger partial charge in [-0.1, -0.05) is 134 Å². The van der Waals surface area contributed by atoms with Crippen LogP contribution >= 0.6 is 0 Å². The molecule has 3 heteroatoms. The molecular weight excluding hydrogens is 683 g/mol. The summed E-state index contributed by atoms with van der Waals surface area (Å²) in [6, 6.07) is 48.1. The normalized spacial score (nSPS) is 13.3. The average Bonchev–Trinajstić information content (AvgIpc) is 3.79. The van der Waals surface area contributed by atoms with Crippen LogP contribution in [0.1, 0.15) is 59.8 Å². The highest BCUT2D eigenvalue weighted by Crippen LogP contribution is 2.37. The lowest BCUT2D eigenvalue weighted by Crippen LogP contribution is -2.12. The number of furan rings is 2. The number of fused-ring (bicyclic) bond motifs is 4. The van der Waals surface area contributed by atoms with Crippen LogP contribution in [0.2, 0.25) is 0 Å². The monoisotopic (exact) mass is 727 g/mol. The second-order valence-electron chi connectivity index (χ2n) is 14.7. The molecular formula is C53H45NO2. The molecule has 3 nitrogen and oxygen atoms in total. The summed E-state index contributed by atoms with van der Waals surface area (Å²) in [6.07, 6.45) is 17.5. The molecule has 9 rings (SSSR count). The van der Waals surface area contributed by atoms with Crippen molar-refractivity contribution in [2.75, 3.05) is 0 Å². The molecule has 6 aromatic carbocycles. The van der Waals surface area contributed by atoms with Gasteiger partial charge in [-0.3, -0.25) is 0 Å². The molecule has 0 unspecified atom stereocenters. The molecule has 1 aliphatic carbocycles. The number of aryl methyl sites for hydroxylation is 1. The third-order valence-electron chi connectivity index (χ3n) is 10.8. The highest BCUT2D eigenvalue weighted by molar-refractivity contribution is 6.06. The zero-order valence-electron chi connectivity index (χ0n) is 32.0. The third-order valence-corrected chi connectivity index (χ3v) is 10.8. The number of hydrogen-bond acceptors (Lipinski definition) is 3. The van der Waals surface area contributed by atoms with Gasteiger partial charge in [-0.05, 0) is 125 Å². The highest BCUT2D eigenvalue weighted by atomic mass is 16.3. The van der Waals surface area contributed by atoms with E-state index < -0.39 is 0 Å². The number of nitrogens with one attached hydrogen (secondary N) is 1. The molecule has 0 spiro atoms. The van der Waals surface area contributed by atoms with E-state index in [1.54, 1.807) is 0 Å². The van der Waals surface area contributed by atoms with Gasteiger partial charge in [0.1, 0.15) is 22.5 Å². The lowest BCUT2D eigenvalue weighted by atomic mass is 9.93. The quantitative estimate of drug-likeness (QED) is 0.144. The summed E-state index contributed by atoms with van der Waals surface area (Å²) in [7, 11) is 0. The van der Waals surface area contributed by atoms with Gasteiger partial charge in [0.2, 0.25) is 0 Å². The first kappa shape index (κ1) is 35.1. The summed E-state index contributed by atoms with van der Waals surface area (Å²) >= 11 is 0. The number of allylic oxidation sites excluding steroid dienone is 6. The van der Waals surface area contributed by atoms with Gasteiger partial charge in [0, 0.05) is 34.0 Å². The van der Waals surface area contributed by atoms with Crippen LogP contribution in [-0.4, -0.2) is 0 Å². The minimum atomic E-state index is 0.738. The maximum absolute atomic E-state index is 6.21. The van der Waals surface area contributed by atoms with Gasteiger partial charge in [-0.15, -0.1) is 0 Å². The number of benzene rings is 6. The molecule has 274 valence electrons. The smallest absolute Gasteiger partial charge is 0.135 e. The minimum Gasteiger partial charge on any atom is -0.461 e. The summed E-state index contributed by atoms with van der Waals surface area (Å²) in [5.41, 5.74) is 15.9. The Morgan fingerprint density at radius 3 is 2.16 bits per heavy atom. The molecule has 1 aliphatic rings. The second kappa shape index (κ2) is 15.6. The first-order valence-electron chi connectivity index (χ1n) is 19.8. The van der Waals surface area contributed by atoms with Crippen molar-refractivity contribution in [2.24, 2.45) is 0 Å². The van der Waals surface area contributed by atoms with Gasteiger partial charge >= 0.3 is 0 Å². The van der Waals surface area contributed by atoms with Gasteiger partial charge < -0.3 is 14.2 Å². The minimum absolute atomic E-state index is 0.738. The van der Waals surface area contributed by atoms with Crippen LogP contribution in [0.15, 0.2) is 173 Å². The maximum atomic E-state index is 6.21. The van der Waals surface area contributed by atoms with E-state index in [1.165, 1.54) is 39.0 Å². The molecule has 8 aromatic rings. The van der Waals surface area contributed by atoms with Crippen LogP contribution in [-0.2, 0) is 13.0 Å². The number of rotatable bonds is 11. The van der Waals surface area contributed by atoms with Crippen molar-refractivity contribution in [3.63, 3.8) is 0 Å². The lowest BCUT2D eigenvalue weighted by Gasteiger charge is -2.15. The summed E-state index contributed by atoms with van der Waals surface area (Å²) in [6.45, 7) is 4.95. The van der Waals surface area contributed by atoms with Gasteiger partial charge in [-0.25, -0.2) is 0 Å². The van der Waals surface area contributed by atoms with Crippen molar-refractivity contribution < 1.29 is 8.83 Å². The topological polar surface area (TPSA) is 38.3 Å². The van der Waals surface area contributed by atoms with Crippen LogP contribution in [0, 0.1) is 6.92 Å². The Bertz CT molecular complexity index is 2820. The Hall–Kier alpha value is -6.58. The molecule has 0 fully saturated rings. The van der Waals surface area contributed by atoms with Gasteiger partial charge in [0.05, 0.1) is 0 Å². The van der Waals surface area contributed by atoms with Crippen molar-refractivity contribution in [2.45, 2.75) is 46.1 Å². The molecule has 2 aromatic heterocycles. The van der Waals surface area contributed by atoms with Gasteiger partial charge in [0.15, 0.2) is 0 Å². The van der Waals surface area contributed by atoms with Crippen LogP contribution in [0.25, 0.3) is 72.5 Å². The summed E-state index contributed by atoms with van der Waals surface area (Å²) in [5.74, 6) is 0.942. The SMILES string of the molecule is CC/C=C\c1c(C)oc2ccc(-c3cc(C/C=C(\NCc4ccccc4)c4cccc(C5=CCCC=C5)c4)cc(-c4ccc5oc6ccccc6c5c4)c3)cc12. The predicted molar refractivity (Wildman–Crippen MR) is 236 cm³/mol. The number of para-hydroxylation sites is 1. The first-order valence-corrected chi connectivity index (χ1v) is 19.8. The largest absolute Gasteiger partial charge is 0.461 e. The molecule has 0 saturated carbocycles. The van der Waals surface area contributed by atoms with Gasteiger partial charge in [0.25, 0.3) is 0 Å². The molecule has 0 amide bonds. The molecule has 0 radical (unpaired) electrons. The molecule has 0 bridgehead atoms. The lowest BCUT2D eigenvalue weighted by molar-refractivity contribution is 0.577. The fraction of sp³-hybridized carbons (Fsp3) is 0.132. The molecule has 2 heterocycles. The van der Waals surface area contributed by atoms with E-state index in [0.29, 0.717) is 0 Å². The zero-order chi connectivity index (χ0) is 37.8. The molecule has 1 N–H and O–H groups in total. The van der Waals surface area contributed by atoms with Crippen molar-refractivity contribution in [3.05, 3.63) is 197 Å². The summed E-state index contributed by atoms with van der Waals surface area (Å²) < 4.78 is 12.4. The van der Waals surface area contributed by atoms with E-state index in [4.69, 9.17) is 8.83 Å². The Kier molecular flexibility index (Phi) is 9.82. The highest BCUT2D eigenvalue weighted by Gasteiger charge is 2.14. The van der Waals surface area contributed by atoms with Crippen molar-refractivity contribution in [1.29, 1.82) is 0 Å². The third kappa shape index (κ3) is 7.29. The first-order chi connectivity index (χ1) is 27.6. The molecule has 56 heavy (non-hydrogen) atoms. The van der Waals surface area contributed by atoms with E-state index in [2.05, 4.69) is 177 Å². The zero-order valence-corrected chi connectivity index (χ0v) is 32.0. The van der Waals surface area contributed by atoms with Crippen LogP contribution in [0.4, 0.5) is 0 Å². The Morgan fingerprint density at radius 2 is 1.38 bits per heavy atom. The standard InChI is InChI=1S/C53H45NO2/c1-3-4-20-46-36(2)55-52-27-24-41(33-48(46)52)44-29-38(30-45(32-44)42-25-28-53-49(34-42)47-21-11-12-22-51(47)56-53)23-26-50(54-35-37-14-7-5-8-15-37)43-19-13-18-40(31-43)39-16-9-6-10-17-39/h4-5,7-9,11-22,24-34,54H,3,6,10,23,35H2,1-2H3/b20-4-,50-26-. The predicted octanol–water partition coefficient (Wildman–Crippen LogP) is 14.5. The molecule has 0 saturated heterocycles. The second-order valence-corrected chi connectivity index (χ2v) is 14.7.